The van der Waals surface area contributed by atoms with Crippen LogP contribution in [-0.2, 0) is 7.59 Å². The standard InChI is InChI=1S/C14H11Cl6N3S/c1-7(2)24-9-5-3-8(4-6-9)10-21-11(13(15,16)17)23-12(22-10)14(18,19)20/h3-7H,1-2H3. The molecule has 0 aliphatic rings. The Morgan fingerprint density at radius 3 is 1.62 bits per heavy atom. The first kappa shape index (κ1) is 20.6. The van der Waals surface area contributed by atoms with Crippen LogP contribution in [0.3, 0.4) is 0 Å². The van der Waals surface area contributed by atoms with Gasteiger partial charge >= 0.3 is 0 Å². The highest BCUT2D eigenvalue weighted by molar-refractivity contribution is 7.99. The van der Waals surface area contributed by atoms with Crippen LogP contribution in [0.2, 0.25) is 0 Å². The zero-order chi connectivity index (χ0) is 18.1. The van der Waals surface area contributed by atoms with Gasteiger partial charge in [0.25, 0.3) is 0 Å². The Hall–Kier alpha value is 0.320. The van der Waals surface area contributed by atoms with Crippen molar-refractivity contribution in [3.05, 3.63) is 35.9 Å². The molecule has 0 aliphatic heterocycles. The van der Waals surface area contributed by atoms with Gasteiger partial charge in [-0.1, -0.05) is 95.6 Å². The third kappa shape index (κ3) is 5.66. The van der Waals surface area contributed by atoms with Crippen LogP contribution in [0.1, 0.15) is 25.5 Å². The molecule has 2 rings (SSSR count). The highest BCUT2D eigenvalue weighted by atomic mass is 35.6. The van der Waals surface area contributed by atoms with Gasteiger partial charge in [0, 0.05) is 15.7 Å². The number of aromatic nitrogens is 3. The van der Waals surface area contributed by atoms with E-state index < -0.39 is 7.59 Å². The van der Waals surface area contributed by atoms with Crippen molar-refractivity contribution in [1.29, 1.82) is 0 Å². The highest BCUT2D eigenvalue weighted by Crippen LogP contribution is 2.40. The minimum absolute atomic E-state index is 0.112. The van der Waals surface area contributed by atoms with Crippen molar-refractivity contribution in [3.63, 3.8) is 0 Å². The number of hydrogen-bond acceptors (Lipinski definition) is 4. The Balaban J connectivity index is 2.49. The van der Waals surface area contributed by atoms with Crippen molar-refractivity contribution in [3.8, 4) is 11.4 Å². The lowest BCUT2D eigenvalue weighted by Gasteiger charge is -2.15. The summed E-state index contributed by atoms with van der Waals surface area (Å²) in [7, 11) is 0. The molecule has 0 saturated heterocycles. The fourth-order valence-corrected chi connectivity index (χ4v) is 3.06. The van der Waals surface area contributed by atoms with E-state index in [2.05, 4.69) is 28.8 Å². The van der Waals surface area contributed by atoms with Crippen molar-refractivity contribution in [2.45, 2.75) is 31.6 Å². The SMILES string of the molecule is CC(C)Sc1ccc(-c2nc(C(Cl)(Cl)Cl)nc(C(Cl)(Cl)Cl)n2)cc1. The second-order valence-corrected chi connectivity index (χ2v) is 11.2. The molecule has 130 valence electrons. The summed E-state index contributed by atoms with van der Waals surface area (Å²) in [5.41, 5.74) is 0.691. The minimum atomic E-state index is -1.87. The van der Waals surface area contributed by atoms with Crippen LogP contribution >= 0.6 is 81.4 Å². The summed E-state index contributed by atoms with van der Waals surface area (Å²) in [4.78, 5) is 13.4. The van der Waals surface area contributed by atoms with Crippen molar-refractivity contribution in [2.24, 2.45) is 0 Å². The first-order valence-electron chi connectivity index (χ1n) is 6.64. The Kier molecular flexibility index (Phi) is 6.80. The summed E-state index contributed by atoms with van der Waals surface area (Å²) in [5.74, 6) is 0.0349. The van der Waals surface area contributed by atoms with Gasteiger partial charge < -0.3 is 0 Å². The number of rotatable bonds is 3. The van der Waals surface area contributed by atoms with E-state index in [0.717, 1.165) is 4.90 Å². The molecule has 1 heterocycles. The van der Waals surface area contributed by atoms with Crippen molar-refractivity contribution < 1.29 is 0 Å². The molecule has 10 heteroatoms. The summed E-state index contributed by atoms with van der Waals surface area (Å²) < 4.78 is -3.73. The molecule has 3 nitrogen and oxygen atoms in total. The quantitative estimate of drug-likeness (QED) is 0.373. The highest BCUT2D eigenvalue weighted by Gasteiger charge is 2.33. The van der Waals surface area contributed by atoms with E-state index in [1.165, 1.54) is 0 Å². The number of benzene rings is 1. The van der Waals surface area contributed by atoms with Crippen LogP contribution in [0.5, 0.6) is 0 Å². The topological polar surface area (TPSA) is 38.7 Å². The van der Waals surface area contributed by atoms with E-state index in [9.17, 15) is 0 Å². The average Bonchev–Trinajstić information content (AvgIpc) is 2.45. The van der Waals surface area contributed by atoms with Crippen molar-refractivity contribution >= 4 is 81.4 Å². The third-order valence-electron chi connectivity index (χ3n) is 2.63. The number of hydrogen-bond donors (Lipinski definition) is 0. The molecule has 0 spiro atoms. The van der Waals surface area contributed by atoms with E-state index in [1.807, 2.05) is 24.3 Å². The molecule has 24 heavy (non-hydrogen) atoms. The van der Waals surface area contributed by atoms with E-state index in [1.54, 1.807) is 11.8 Å². The summed E-state index contributed by atoms with van der Waals surface area (Å²) in [6.07, 6.45) is 0. The molecule has 2 aromatic rings. The van der Waals surface area contributed by atoms with Crippen LogP contribution in [0, 0.1) is 0 Å². The molecule has 0 aliphatic carbocycles. The molecule has 0 saturated carbocycles. The van der Waals surface area contributed by atoms with Crippen LogP contribution in [0.25, 0.3) is 11.4 Å². The largest absolute Gasteiger partial charge is 0.250 e. The fraction of sp³-hybridized carbons (Fsp3) is 0.357. The molecule has 0 N–H and O–H groups in total. The van der Waals surface area contributed by atoms with Crippen LogP contribution in [0.4, 0.5) is 0 Å². The summed E-state index contributed by atoms with van der Waals surface area (Å²) in [5, 5.41) is 0.472. The monoisotopic (exact) mass is 463 g/mol. The maximum absolute atomic E-state index is 5.87. The Labute approximate surface area is 174 Å². The van der Waals surface area contributed by atoms with E-state index in [0.29, 0.717) is 10.8 Å². The molecule has 1 aromatic carbocycles. The molecule has 0 fully saturated rings. The lowest BCUT2D eigenvalue weighted by Crippen LogP contribution is -2.16. The second-order valence-electron chi connectivity index (χ2n) is 4.99. The molecule has 0 amide bonds. The number of halogens is 6. The van der Waals surface area contributed by atoms with Gasteiger partial charge in [0.15, 0.2) is 17.5 Å². The van der Waals surface area contributed by atoms with Gasteiger partial charge in [-0.05, 0) is 12.1 Å². The lowest BCUT2D eigenvalue weighted by molar-refractivity contribution is 0.851. The van der Waals surface area contributed by atoms with E-state index in [-0.39, 0.29) is 17.5 Å². The number of alkyl halides is 6. The normalized spacial score (nSPS) is 12.7. The molecule has 0 bridgehead atoms. The molecule has 0 radical (unpaired) electrons. The molecule has 0 atom stereocenters. The predicted octanol–water partition coefficient (Wildman–Crippen LogP) is 6.69. The van der Waals surface area contributed by atoms with Gasteiger partial charge in [-0.2, -0.15) is 0 Å². The first-order valence-corrected chi connectivity index (χ1v) is 9.79. The third-order valence-corrected chi connectivity index (χ3v) is 4.66. The van der Waals surface area contributed by atoms with E-state index in [4.69, 9.17) is 69.6 Å². The molecule has 1 aromatic heterocycles. The maximum Gasteiger partial charge on any atom is 0.250 e. The van der Waals surface area contributed by atoms with Crippen LogP contribution in [0.15, 0.2) is 29.2 Å². The zero-order valence-electron chi connectivity index (χ0n) is 12.4. The second kappa shape index (κ2) is 7.91. The first-order chi connectivity index (χ1) is 11.0. The minimum Gasteiger partial charge on any atom is -0.209 e. The van der Waals surface area contributed by atoms with Gasteiger partial charge in [0.2, 0.25) is 7.59 Å². The van der Waals surface area contributed by atoms with E-state index >= 15 is 0 Å². The summed E-state index contributed by atoms with van der Waals surface area (Å²) in [6.45, 7) is 4.23. The van der Waals surface area contributed by atoms with Gasteiger partial charge in [0.05, 0.1) is 0 Å². The fourth-order valence-electron chi connectivity index (χ4n) is 1.71. The van der Waals surface area contributed by atoms with Crippen LogP contribution < -0.4 is 0 Å². The van der Waals surface area contributed by atoms with Gasteiger partial charge in [-0.15, -0.1) is 11.8 Å². The smallest absolute Gasteiger partial charge is 0.209 e. The zero-order valence-corrected chi connectivity index (χ0v) is 17.8. The Morgan fingerprint density at radius 1 is 0.792 bits per heavy atom. The lowest BCUT2D eigenvalue weighted by atomic mass is 10.2. The maximum atomic E-state index is 5.87. The number of nitrogens with zero attached hydrogens (tertiary/aromatic N) is 3. The molecular weight excluding hydrogens is 455 g/mol. The molecular formula is C14H11Cl6N3S. The predicted molar refractivity (Wildman–Crippen MR) is 105 cm³/mol. The van der Waals surface area contributed by atoms with Crippen molar-refractivity contribution in [1.82, 2.24) is 15.0 Å². The van der Waals surface area contributed by atoms with Crippen molar-refractivity contribution in [2.75, 3.05) is 0 Å². The Bertz CT molecular complexity index is 678. The molecule has 0 unspecified atom stereocenters. The summed E-state index contributed by atoms with van der Waals surface area (Å²) >= 11 is 36.9. The van der Waals surface area contributed by atoms with Gasteiger partial charge in [-0.25, -0.2) is 15.0 Å². The Morgan fingerprint density at radius 2 is 1.25 bits per heavy atom. The summed E-state index contributed by atoms with van der Waals surface area (Å²) in [6, 6.07) is 7.61. The van der Waals surface area contributed by atoms with Crippen LogP contribution in [-0.4, -0.2) is 20.2 Å². The van der Waals surface area contributed by atoms with Gasteiger partial charge in [-0.3, -0.25) is 0 Å². The average molecular weight is 466 g/mol. The van der Waals surface area contributed by atoms with Gasteiger partial charge in [0.1, 0.15) is 0 Å². The number of thioether (sulfide) groups is 1.